The summed E-state index contributed by atoms with van der Waals surface area (Å²) in [5.41, 5.74) is -0.934. The van der Waals surface area contributed by atoms with Gasteiger partial charge in [-0.1, -0.05) is 40.9 Å². The molecular weight excluding hydrogens is 542 g/mol. The van der Waals surface area contributed by atoms with Gasteiger partial charge in [0.25, 0.3) is 11.8 Å². The Morgan fingerprint density at radius 1 is 1.22 bits per heavy atom. The Kier molecular flexibility index (Phi) is 7.31. The van der Waals surface area contributed by atoms with Gasteiger partial charge in [-0.05, 0) is 54.8 Å². The van der Waals surface area contributed by atoms with Crippen LogP contribution in [0.15, 0.2) is 35.3 Å². The van der Waals surface area contributed by atoms with E-state index in [-0.39, 0.29) is 38.9 Å². The van der Waals surface area contributed by atoms with Crippen molar-refractivity contribution in [2.75, 3.05) is 19.7 Å². The highest BCUT2D eigenvalue weighted by Crippen LogP contribution is 2.49. The summed E-state index contributed by atoms with van der Waals surface area (Å²) in [5.74, 6) is -0.825. The molecular formula is C24H21Cl3F3N3O3. The number of hydrogen-bond acceptors (Lipinski definition) is 4. The van der Waals surface area contributed by atoms with Gasteiger partial charge in [0.1, 0.15) is 18.1 Å². The highest BCUT2D eigenvalue weighted by Gasteiger charge is 2.58. The molecule has 2 aliphatic rings. The normalized spacial score (nSPS) is 22.2. The van der Waals surface area contributed by atoms with Crippen molar-refractivity contribution in [1.82, 2.24) is 10.4 Å². The second kappa shape index (κ2) is 9.85. The fraction of sp³-hybridized carbons (Fsp3) is 0.375. The van der Waals surface area contributed by atoms with E-state index >= 15 is 0 Å². The lowest BCUT2D eigenvalue weighted by Crippen LogP contribution is -2.43. The van der Waals surface area contributed by atoms with Gasteiger partial charge in [-0.3, -0.25) is 19.4 Å². The standard InChI is InChI=1S/C24H21Cl3F3N3O3/c1-3-33-22(35)19(10-36-33)32-21(34)15-5-4-13(6-12(15)2)18-9-23(11-31-18,24(28,29)30)14-7-16(25)20(27)17(26)8-14/h4-8,19H,3,9-11H2,1-2H3,(H,32,34). The minimum Gasteiger partial charge on any atom is -0.338 e. The minimum atomic E-state index is -4.64. The Labute approximate surface area is 220 Å². The zero-order chi connectivity index (χ0) is 26.4. The lowest BCUT2D eigenvalue weighted by Gasteiger charge is -2.32. The molecule has 1 N–H and O–H groups in total. The molecule has 0 saturated carbocycles. The number of hydrogen-bond donors (Lipinski definition) is 1. The van der Waals surface area contributed by atoms with Gasteiger partial charge < -0.3 is 5.32 Å². The van der Waals surface area contributed by atoms with Gasteiger partial charge in [0.2, 0.25) is 0 Å². The van der Waals surface area contributed by atoms with Gasteiger partial charge in [-0.25, -0.2) is 5.06 Å². The number of likely N-dealkylation sites (N-methyl/N-ethyl adjacent to an activating group) is 1. The Bertz CT molecular complexity index is 1250. The highest BCUT2D eigenvalue weighted by molar-refractivity contribution is 6.48. The summed E-state index contributed by atoms with van der Waals surface area (Å²) in [7, 11) is 0. The summed E-state index contributed by atoms with van der Waals surface area (Å²) < 4.78 is 43.2. The predicted molar refractivity (Wildman–Crippen MR) is 131 cm³/mol. The zero-order valence-corrected chi connectivity index (χ0v) is 21.4. The monoisotopic (exact) mass is 561 g/mol. The number of carbonyl (C=O) groups is 2. The van der Waals surface area contributed by atoms with E-state index in [4.69, 9.17) is 39.6 Å². The Morgan fingerprint density at radius 2 is 1.89 bits per heavy atom. The number of nitrogens with one attached hydrogen (secondary N) is 1. The van der Waals surface area contributed by atoms with Crippen molar-refractivity contribution in [2.45, 2.75) is 37.9 Å². The summed E-state index contributed by atoms with van der Waals surface area (Å²) in [6.45, 7) is 3.26. The van der Waals surface area contributed by atoms with Crippen LogP contribution in [0.1, 0.15) is 40.4 Å². The van der Waals surface area contributed by atoms with Gasteiger partial charge in [-0.2, -0.15) is 13.2 Å². The molecule has 2 atom stereocenters. The molecule has 0 spiro atoms. The van der Waals surface area contributed by atoms with E-state index in [9.17, 15) is 22.8 Å². The van der Waals surface area contributed by atoms with Crippen molar-refractivity contribution in [1.29, 1.82) is 0 Å². The predicted octanol–water partition coefficient (Wildman–Crippen LogP) is 5.54. The van der Waals surface area contributed by atoms with Crippen LogP contribution in [0.2, 0.25) is 15.1 Å². The fourth-order valence-corrected chi connectivity index (χ4v) is 4.95. The summed E-state index contributed by atoms with van der Waals surface area (Å²) in [6, 6.07) is 6.20. The molecule has 0 aromatic heterocycles. The molecule has 2 aromatic rings. The van der Waals surface area contributed by atoms with Crippen LogP contribution in [0.4, 0.5) is 13.2 Å². The van der Waals surface area contributed by atoms with Gasteiger partial charge in [0.05, 0.1) is 21.6 Å². The highest BCUT2D eigenvalue weighted by atomic mass is 35.5. The van der Waals surface area contributed by atoms with Crippen molar-refractivity contribution in [3.8, 4) is 0 Å². The van der Waals surface area contributed by atoms with Gasteiger partial charge in [0.15, 0.2) is 0 Å². The zero-order valence-electron chi connectivity index (χ0n) is 19.2. The number of halogens is 6. The second-order valence-electron chi connectivity index (χ2n) is 8.66. The lowest BCUT2D eigenvalue weighted by atomic mass is 9.76. The number of carbonyl (C=O) groups excluding carboxylic acids is 2. The largest absolute Gasteiger partial charge is 0.400 e. The van der Waals surface area contributed by atoms with Crippen LogP contribution < -0.4 is 5.32 Å². The lowest BCUT2D eigenvalue weighted by molar-refractivity contribution is -0.183. The van der Waals surface area contributed by atoms with Crippen LogP contribution in [0.3, 0.4) is 0 Å². The topological polar surface area (TPSA) is 71.0 Å². The number of aryl methyl sites for hydroxylation is 1. The Morgan fingerprint density at radius 3 is 2.44 bits per heavy atom. The van der Waals surface area contributed by atoms with E-state index in [1.165, 1.54) is 23.3 Å². The first-order valence-electron chi connectivity index (χ1n) is 11.0. The number of aliphatic imine (C=N–C) groups is 1. The molecule has 2 aromatic carbocycles. The van der Waals surface area contributed by atoms with Crippen LogP contribution in [0.25, 0.3) is 0 Å². The first-order chi connectivity index (χ1) is 16.9. The van der Waals surface area contributed by atoms with Crippen LogP contribution in [0, 0.1) is 6.92 Å². The molecule has 1 saturated heterocycles. The third-order valence-electron chi connectivity index (χ3n) is 6.43. The summed E-state index contributed by atoms with van der Waals surface area (Å²) in [6.07, 6.45) is -5.08. The molecule has 2 aliphatic heterocycles. The maximum absolute atomic E-state index is 14.4. The van der Waals surface area contributed by atoms with Crippen LogP contribution in [-0.4, -0.2) is 54.5 Å². The summed E-state index contributed by atoms with van der Waals surface area (Å²) in [5, 5.41) is 3.65. The number of nitrogens with zero attached hydrogens (tertiary/aromatic N) is 2. The van der Waals surface area contributed by atoms with E-state index in [1.807, 2.05) is 0 Å². The second-order valence-corrected chi connectivity index (χ2v) is 9.85. The molecule has 36 heavy (non-hydrogen) atoms. The van der Waals surface area contributed by atoms with Crippen molar-refractivity contribution < 1.29 is 27.6 Å². The van der Waals surface area contributed by atoms with Crippen molar-refractivity contribution in [2.24, 2.45) is 4.99 Å². The Balaban J connectivity index is 1.57. The quantitative estimate of drug-likeness (QED) is 0.487. The number of hydroxylamine groups is 2. The van der Waals surface area contributed by atoms with E-state index < -0.39 is 36.5 Å². The molecule has 192 valence electrons. The van der Waals surface area contributed by atoms with Crippen molar-refractivity contribution >= 4 is 52.3 Å². The smallest absolute Gasteiger partial charge is 0.338 e. The third-order valence-corrected chi connectivity index (χ3v) is 7.62. The average molecular weight is 563 g/mol. The molecule has 6 nitrogen and oxygen atoms in total. The van der Waals surface area contributed by atoms with E-state index in [0.717, 1.165) is 0 Å². The maximum Gasteiger partial charge on any atom is 0.400 e. The summed E-state index contributed by atoms with van der Waals surface area (Å²) >= 11 is 18.0. The van der Waals surface area contributed by atoms with Gasteiger partial charge >= 0.3 is 6.18 Å². The first-order valence-corrected chi connectivity index (χ1v) is 12.1. The SMILES string of the molecule is CCN1OCC(NC(=O)c2ccc(C3=NCC(c4cc(Cl)c(Cl)c(Cl)c4)(C(F)(F)F)C3)cc2C)C1=O. The van der Waals surface area contributed by atoms with Gasteiger partial charge in [-0.15, -0.1) is 0 Å². The number of benzene rings is 2. The van der Waals surface area contributed by atoms with Crippen LogP contribution >= 0.6 is 34.8 Å². The summed E-state index contributed by atoms with van der Waals surface area (Å²) in [4.78, 5) is 34.4. The van der Waals surface area contributed by atoms with Crippen LogP contribution in [0.5, 0.6) is 0 Å². The molecule has 0 radical (unpaired) electrons. The molecule has 2 unspecified atom stereocenters. The molecule has 4 rings (SSSR count). The molecule has 0 bridgehead atoms. The molecule has 2 amide bonds. The number of amides is 2. The first kappa shape index (κ1) is 26.7. The van der Waals surface area contributed by atoms with Crippen molar-refractivity contribution in [3.63, 3.8) is 0 Å². The van der Waals surface area contributed by atoms with Crippen molar-refractivity contribution in [3.05, 3.63) is 67.7 Å². The van der Waals surface area contributed by atoms with E-state index in [1.54, 1.807) is 26.0 Å². The average Bonchev–Trinajstić information content (AvgIpc) is 3.42. The van der Waals surface area contributed by atoms with Gasteiger partial charge in [0, 0.05) is 24.2 Å². The van der Waals surface area contributed by atoms with E-state index in [0.29, 0.717) is 23.2 Å². The molecule has 12 heteroatoms. The molecule has 0 aliphatic carbocycles. The molecule has 1 fully saturated rings. The van der Waals surface area contributed by atoms with Crippen LogP contribution in [-0.2, 0) is 15.0 Å². The number of alkyl halides is 3. The maximum atomic E-state index is 14.4. The third kappa shape index (κ3) is 4.69. The number of rotatable bonds is 5. The fourth-order valence-electron chi connectivity index (χ4n) is 4.36. The molecule has 2 heterocycles. The van der Waals surface area contributed by atoms with E-state index in [2.05, 4.69) is 10.3 Å². The Hall–Kier alpha value is -2.33. The minimum absolute atomic E-state index is 0.0173.